The second-order valence-electron chi connectivity index (χ2n) is 5.85. The summed E-state index contributed by atoms with van der Waals surface area (Å²) in [5.74, 6) is 0.218. The molecule has 1 atom stereocenters. The quantitative estimate of drug-likeness (QED) is 0.740. The number of hydrogen-bond donors (Lipinski definition) is 3. The molecule has 1 unspecified atom stereocenters. The Morgan fingerprint density at radius 3 is 2.42 bits per heavy atom. The molecule has 0 aromatic heterocycles. The van der Waals surface area contributed by atoms with E-state index < -0.39 is 0 Å². The molecule has 0 spiro atoms. The summed E-state index contributed by atoms with van der Waals surface area (Å²) in [4.78, 5) is 2.28. The van der Waals surface area contributed by atoms with Gasteiger partial charge in [-0.15, -0.1) is 0 Å². The highest BCUT2D eigenvalue weighted by molar-refractivity contribution is 5.40. The van der Waals surface area contributed by atoms with Crippen LogP contribution in [0.25, 0.3) is 0 Å². The van der Waals surface area contributed by atoms with E-state index in [-0.39, 0.29) is 23.0 Å². The molecule has 108 valence electrons. The van der Waals surface area contributed by atoms with E-state index >= 15 is 0 Å². The Balaban J connectivity index is 2.92. The van der Waals surface area contributed by atoms with Gasteiger partial charge in [0.05, 0.1) is 0 Å². The molecule has 1 aromatic carbocycles. The Morgan fingerprint density at radius 2 is 1.95 bits per heavy atom. The van der Waals surface area contributed by atoms with Gasteiger partial charge in [0.15, 0.2) is 0 Å². The molecule has 4 nitrogen and oxygen atoms in total. The van der Waals surface area contributed by atoms with Crippen LogP contribution in [-0.4, -0.2) is 34.7 Å². The number of nitrogens with zero attached hydrogens (tertiary/aromatic N) is 1. The van der Waals surface area contributed by atoms with Gasteiger partial charge in [0.25, 0.3) is 0 Å². The fourth-order valence-corrected chi connectivity index (χ4v) is 2.22. The van der Waals surface area contributed by atoms with Crippen LogP contribution < -0.4 is 5.73 Å². The maximum atomic E-state index is 9.95. The molecule has 4 N–H and O–H groups in total. The van der Waals surface area contributed by atoms with E-state index in [2.05, 4.69) is 32.6 Å². The topological polar surface area (TPSA) is 69.7 Å². The molecule has 19 heavy (non-hydrogen) atoms. The highest BCUT2D eigenvalue weighted by Gasteiger charge is 2.24. The number of nitrogens with two attached hydrogens (primary N) is 1. The molecule has 1 rings (SSSR count). The fourth-order valence-electron chi connectivity index (χ4n) is 2.22. The first-order valence-electron chi connectivity index (χ1n) is 6.76. The molecule has 0 saturated heterocycles. The lowest BCUT2D eigenvalue weighted by Gasteiger charge is -2.35. The van der Waals surface area contributed by atoms with Crippen LogP contribution in [-0.2, 0) is 0 Å². The van der Waals surface area contributed by atoms with E-state index in [1.54, 1.807) is 12.1 Å². The third-order valence-electron chi connectivity index (χ3n) is 3.60. The van der Waals surface area contributed by atoms with Crippen LogP contribution in [0.5, 0.6) is 11.5 Å². The highest BCUT2D eigenvalue weighted by atomic mass is 16.3. The standard InChI is InChI=1S/C15H26N2O2/c1-5-17(10-15(3,4)9-16)11(2)13-7-6-12(18)8-14(13)19/h6-8,11,18-19H,5,9-10,16H2,1-4H3. The minimum Gasteiger partial charge on any atom is -0.508 e. The Labute approximate surface area is 115 Å². The second-order valence-corrected chi connectivity index (χ2v) is 5.85. The van der Waals surface area contributed by atoms with Gasteiger partial charge in [-0.25, -0.2) is 0 Å². The van der Waals surface area contributed by atoms with Gasteiger partial charge in [-0.2, -0.15) is 0 Å². The van der Waals surface area contributed by atoms with E-state index in [4.69, 9.17) is 5.73 Å². The van der Waals surface area contributed by atoms with Crippen molar-refractivity contribution in [3.05, 3.63) is 23.8 Å². The molecule has 0 aliphatic carbocycles. The van der Waals surface area contributed by atoms with Gasteiger partial charge in [-0.1, -0.05) is 26.8 Å². The van der Waals surface area contributed by atoms with Gasteiger partial charge in [0.1, 0.15) is 11.5 Å². The zero-order valence-electron chi connectivity index (χ0n) is 12.3. The monoisotopic (exact) mass is 266 g/mol. The van der Waals surface area contributed by atoms with Gasteiger partial charge in [0, 0.05) is 24.2 Å². The average molecular weight is 266 g/mol. The fraction of sp³-hybridized carbons (Fsp3) is 0.600. The van der Waals surface area contributed by atoms with Crippen molar-refractivity contribution in [2.75, 3.05) is 19.6 Å². The van der Waals surface area contributed by atoms with Crippen molar-refractivity contribution >= 4 is 0 Å². The van der Waals surface area contributed by atoms with Crippen molar-refractivity contribution < 1.29 is 10.2 Å². The molecule has 0 saturated carbocycles. The first kappa shape index (κ1) is 15.8. The van der Waals surface area contributed by atoms with Gasteiger partial charge < -0.3 is 15.9 Å². The summed E-state index contributed by atoms with van der Waals surface area (Å²) in [5, 5.41) is 19.3. The van der Waals surface area contributed by atoms with Crippen LogP contribution in [0, 0.1) is 5.41 Å². The Bertz CT molecular complexity index is 419. The molecule has 0 amide bonds. The minimum absolute atomic E-state index is 0.0385. The molecule has 0 bridgehead atoms. The number of aromatic hydroxyl groups is 2. The Hall–Kier alpha value is -1.26. The van der Waals surface area contributed by atoms with Crippen LogP contribution in [0.1, 0.15) is 39.3 Å². The maximum Gasteiger partial charge on any atom is 0.124 e. The summed E-state index contributed by atoms with van der Waals surface area (Å²) in [6.07, 6.45) is 0. The summed E-state index contributed by atoms with van der Waals surface area (Å²) < 4.78 is 0. The lowest BCUT2D eigenvalue weighted by Crippen LogP contribution is -2.40. The van der Waals surface area contributed by atoms with Crippen molar-refractivity contribution in [1.82, 2.24) is 4.90 Å². The molecule has 1 aromatic rings. The zero-order valence-corrected chi connectivity index (χ0v) is 12.3. The molecule has 0 aliphatic heterocycles. The maximum absolute atomic E-state index is 9.95. The first-order chi connectivity index (χ1) is 8.80. The van der Waals surface area contributed by atoms with Crippen LogP contribution >= 0.6 is 0 Å². The van der Waals surface area contributed by atoms with Gasteiger partial charge >= 0.3 is 0 Å². The Morgan fingerprint density at radius 1 is 1.32 bits per heavy atom. The predicted molar refractivity (Wildman–Crippen MR) is 78.3 cm³/mol. The van der Waals surface area contributed by atoms with E-state index in [9.17, 15) is 10.2 Å². The Kier molecular flexibility index (Phi) is 5.20. The third-order valence-corrected chi connectivity index (χ3v) is 3.60. The summed E-state index contributed by atoms with van der Waals surface area (Å²) in [5.41, 5.74) is 6.65. The zero-order chi connectivity index (χ0) is 14.6. The lowest BCUT2D eigenvalue weighted by molar-refractivity contribution is 0.146. The molecular weight excluding hydrogens is 240 g/mol. The van der Waals surface area contributed by atoms with Crippen molar-refractivity contribution in [3.63, 3.8) is 0 Å². The smallest absolute Gasteiger partial charge is 0.124 e. The normalized spacial score (nSPS) is 13.8. The highest BCUT2D eigenvalue weighted by Crippen LogP contribution is 2.32. The van der Waals surface area contributed by atoms with Crippen molar-refractivity contribution in [2.24, 2.45) is 11.1 Å². The van der Waals surface area contributed by atoms with Crippen molar-refractivity contribution in [2.45, 2.75) is 33.7 Å². The number of benzene rings is 1. The molecular formula is C15H26N2O2. The summed E-state index contributed by atoms with van der Waals surface area (Å²) in [7, 11) is 0. The van der Waals surface area contributed by atoms with E-state index in [1.165, 1.54) is 6.07 Å². The average Bonchev–Trinajstić information content (AvgIpc) is 2.35. The van der Waals surface area contributed by atoms with Crippen LogP contribution in [0.3, 0.4) is 0 Å². The molecule has 4 heteroatoms. The first-order valence-corrected chi connectivity index (χ1v) is 6.76. The summed E-state index contributed by atoms with van der Waals surface area (Å²) >= 11 is 0. The van der Waals surface area contributed by atoms with Crippen molar-refractivity contribution in [1.29, 1.82) is 0 Å². The number of hydrogen-bond acceptors (Lipinski definition) is 4. The number of phenols is 2. The van der Waals surface area contributed by atoms with Crippen LogP contribution in [0.15, 0.2) is 18.2 Å². The molecule has 0 radical (unpaired) electrons. The van der Waals surface area contributed by atoms with Crippen LogP contribution in [0.4, 0.5) is 0 Å². The van der Waals surface area contributed by atoms with Crippen LogP contribution in [0.2, 0.25) is 0 Å². The summed E-state index contributed by atoms with van der Waals surface area (Å²) in [6, 6.07) is 4.84. The van der Waals surface area contributed by atoms with E-state index in [1.807, 2.05) is 0 Å². The predicted octanol–water partition coefficient (Wildman–Crippen LogP) is 2.47. The number of rotatable bonds is 6. The lowest BCUT2D eigenvalue weighted by atomic mass is 9.91. The summed E-state index contributed by atoms with van der Waals surface area (Å²) in [6.45, 7) is 10.8. The van der Waals surface area contributed by atoms with Crippen molar-refractivity contribution in [3.8, 4) is 11.5 Å². The minimum atomic E-state index is 0.0385. The van der Waals surface area contributed by atoms with Gasteiger partial charge in [-0.3, -0.25) is 4.90 Å². The number of phenolic OH excluding ortho intramolecular Hbond substituents is 2. The largest absolute Gasteiger partial charge is 0.508 e. The SMILES string of the molecule is CCN(CC(C)(C)CN)C(C)c1ccc(O)cc1O. The molecule has 0 aliphatic rings. The van der Waals surface area contributed by atoms with E-state index in [0.29, 0.717) is 6.54 Å². The van der Waals surface area contributed by atoms with Gasteiger partial charge in [-0.05, 0) is 31.5 Å². The third kappa shape index (κ3) is 4.11. The molecule has 0 fully saturated rings. The molecule has 0 heterocycles. The van der Waals surface area contributed by atoms with Gasteiger partial charge in [0.2, 0.25) is 0 Å². The van der Waals surface area contributed by atoms with E-state index in [0.717, 1.165) is 18.7 Å². The second kappa shape index (κ2) is 6.26.